The number of allylic oxidation sites excluding steroid dienone is 1. The van der Waals surface area contributed by atoms with Gasteiger partial charge in [0.1, 0.15) is 0 Å². The molecule has 1 aliphatic heterocycles. The molecule has 1 aliphatic carbocycles. The Balaban J connectivity index is 1.51. The van der Waals surface area contributed by atoms with E-state index in [1.165, 1.54) is 12.4 Å². The summed E-state index contributed by atoms with van der Waals surface area (Å²) in [5, 5.41) is 8.85. The van der Waals surface area contributed by atoms with Gasteiger partial charge in [0.05, 0.1) is 19.8 Å². The highest BCUT2D eigenvalue weighted by Gasteiger charge is 2.29. The lowest BCUT2D eigenvalue weighted by Gasteiger charge is -2.25. The first-order valence-corrected chi connectivity index (χ1v) is 12.8. The van der Waals surface area contributed by atoms with Crippen LogP contribution in [0, 0.1) is 5.92 Å². The number of aromatic nitrogens is 2. The molecule has 1 amide bonds. The number of fused-ring (bicyclic) bond motifs is 2. The molecule has 9 nitrogen and oxygen atoms in total. The molecule has 1 aromatic heterocycles. The van der Waals surface area contributed by atoms with Crippen molar-refractivity contribution in [2.75, 3.05) is 32.2 Å². The Bertz CT molecular complexity index is 1450. The van der Waals surface area contributed by atoms with Crippen LogP contribution in [0.1, 0.15) is 46.3 Å². The molecule has 0 bridgehead atoms. The molecule has 0 spiro atoms. The maximum absolute atomic E-state index is 13.8. The number of Topliss-reactive ketones (excluding diaryl/α,β-unsaturated/α-hetero) is 1. The minimum absolute atomic E-state index is 0.0871. The Kier molecular flexibility index (Phi) is 7.69. The molecule has 1 saturated heterocycles. The minimum atomic E-state index is -0.660. The van der Waals surface area contributed by atoms with Crippen LogP contribution in [-0.2, 0) is 4.79 Å². The van der Waals surface area contributed by atoms with Crippen molar-refractivity contribution in [3.8, 4) is 11.5 Å². The molecule has 9 heteroatoms. The van der Waals surface area contributed by atoms with Gasteiger partial charge in [-0.3, -0.25) is 14.8 Å². The fourth-order valence-electron chi connectivity index (χ4n) is 5.20. The smallest absolute Gasteiger partial charge is 0.277 e. The maximum Gasteiger partial charge on any atom is 0.277 e. The molecule has 2 N–H and O–H groups in total. The number of ketones is 1. The van der Waals surface area contributed by atoms with Gasteiger partial charge >= 0.3 is 0 Å². The molecule has 3 aromatic rings. The van der Waals surface area contributed by atoms with Crippen molar-refractivity contribution in [1.29, 1.82) is 0 Å². The van der Waals surface area contributed by atoms with Gasteiger partial charge in [-0.15, -0.1) is 0 Å². The van der Waals surface area contributed by atoms with Gasteiger partial charge in [-0.25, -0.2) is 15.4 Å². The molecule has 2 aliphatic rings. The maximum atomic E-state index is 13.8. The van der Waals surface area contributed by atoms with E-state index < -0.39 is 5.91 Å². The SMILES string of the molecule is COc1ccc(C=C2C(=O)CC3CCCN(c4ncc(C(=O)NO)cn4)CC3=Cc3ccccc32)cc1OC. The minimum Gasteiger partial charge on any atom is -0.493 e. The van der Waals surface area contributed by atoms with Gasteiger partial charge in [0, 0.05) is 37.5 Å². The van der Waals surface area contributed by atoms with Crippen molar-refractivity contribution in [2.24, 2.45) is 5.92 Å². The van der Waals surface area contributed by atoms with E-state index in [2.05, 4.69) is 20.9 Å². The van der Waals surface area contributed by atoms with Crippen LogP contribution in [0.2, 0.25) is 0 Å². The zero-order valence-electron chi connectivity index (χ0n) is 21.9. The molecule has 5 rings (SSSR count). The average molecular weight is 527 g/mol. The van der Waals surface area contributed by atoms with E-state index in [0.29, 0.717) is 36.0 Å². The predicted octanol–water partition coefficient (Wildman–Crippen LogP) is 4.43. The third-order valence-electron chi connectivity index (χ3n) is 7.21. The highest BCUT2D eigenvalue weighted by Crippen LogP contribution is 2.37. The summed E-state index contributed by atoms with van der Waals surface area (Å²) >= 11 is 0. The number of carbonyl (C=O) groups excluding carboxylic acids is 2. The first-order chi connectivity index (χ1) is 19.0. The highest BCUT2D eigenvalue weighted by atomic mass is 16.5. The van der Waals surface area contributed by atoms with Gasteiger partial charge in [0.15, 0.2) is 17.3 Å². The number of ether oxygens (including phenoxy) is 2. The topological polar surface area (TPSA) is 114 Å². The predicted molar refractivity (Wildman–Crippen MR) is 148 cm³/mol. The number of rotatable bonds is 5. The average Bonchev–Trinajstić information content (AvgIpc) is 3.16. The summed E-state index contributed by atoms with van der Waals surface area (Å²) in [6.07, 6.45) is 9.06. The van der Waals surface area contributed by atoms with Crippen molar-refractivity contribution in [1.82, 2.24) is 15.4 Å². The molecule has 1 fully saturated rings. The van der Waals surface area contributed by atoms with Crippen LogP contribution in [0.25, 0.3) is 17.7 Å². The van der Waals surface area contributed by atoms with Crippen molar-refractivity contribution in [3.05, 3.63) is 82.7 Å². The molecule has 2 heterocycles. The summed E-state index contributed by atoms with van der Waals surface area (Å²) < 4.78 is 10.8. The summed E-state index contributed by atoms with van der Waals surface area (Å²) in [6, 6.07) is 13.6. The van der Waals surface area contributed by atoms with Gasteiger partial charge in [-0.2, -0.15) is 0 Å². The number of hydroxylamine groups is 1. The number of hydrogen-bond donors (Lipinski definition) is 2. The summed E-state index contributed by atoms with van der Waals surface area (Å²) in [5.41, 5.74) is 6.32. The second kappa shape index (κ2) is 11.5. The van der Waals surface area contributed by atoms with Crippen molar-refractivity contribution >= 4 is 35.4 Å². The first kappa shape index (κ1) is 26.1. The van der Waals surface area contributed by atoms with E-state index in [1.807, 2.05) is 48.5 Å². The second-order valence-corrected chi connectivity index (χ2v) is 9.58. The van der Waals surface area contributed by atoms with E-state index in [1.54, 1.807) is 19.7 Å². The van der Waals surface area contributed by atoms with E-state index in [0.717, 1.165) is 41.6 Å². The van der Waals surface area contributed by atoms with Gasteiger partial charge < -0.3 is 14.4 Å². The van der Waals surface area contributed by atoms with E-state index in [-0.39, 0.29) is 17.3 Å². The van der Waals surface area contributed by atoms with Crippen LogP contribution in [0.3, 0.4) is 0 Å². The Morgan fingerprint density at radius 1 is 1.10 bits per heavy atom. The number of hydrogen-bond acceptors (Lipinski definition) is 8. The van der Waals surface area contributed by atoms with Crippen molar-refractivity contribution in [3.63, 3.8) is 0 Å². The number of amides is 1. The second-order valence-electron chi connectivity index (χ2n) is 9.58. The normalized spacial score (nSPS) is 18.2. The van der Waals surface area contributed by atoms with Gasteiger partial charge in [0.2, 0.25) is 5.95 Å². The van der Waals surface area contributed by atoms with Gasteiger partial charge in [0.25, 0.3) is 5.91 Å². The Morgan fingerprint density at radius 2 is 1.87 bits per heavy atom. The van der Waals surface area contributed by atoms with Crippen LogP contribution < -0.4 is 19.9 Å². The van der Waals surface area contributed by atoms with E-state index in [9.17, 15) is 9.59 Å². The summed E-state index contributed by atoms with van der Waals surface area (Å²) in [6.45, 7) is 1.30. The van der Waals surface area contributed by atoms with Crippen LogP contribution in [0.4, 0.5) is 5.95 Å². The molecule has 1 unspecified atom stereocenters. The highest BCUT2D eigenvalue weighted by molar-refractivity contribution is 6.26. The third-order valence-corrected chi connectivity index (χ3v) is 7.21. The largest absolute Gasteiger partial charge is 0.493 e. The Morgan fingerprint density at radius 3 is 2.62 bits per heavy atom. The number of anilines is 1. The molecule has 1 atom stereocenters. The lowest BCUT2D eigenvalue weighted by atomic mass is 9.81. The molecule has 0 radical (unpaired) electrons. The number of nitrogens with one attached hydrogen (secondary N) is 1. The molecule has 39 heavy (non-hydrogen) atoms. The Hall–Kier alpha value is -4.50. The zero-order valence-corrected chi connectivity index (χ0v) is 21.9. The third kappa shape index (κ3) is 5.53. The molecule has 2 aromatic carbocycles. The van der Waals surface area contributed by atoms with Crippen molar-refractivity contribution in [2.45, 2.75) is 19.3 Å². The molecule has 200 valence electrons. The van der Waals surface area contributed by atoms with Gasteiger partial charge in [-0.1, -0.05) is 36.4 Å². The first-order valence-electron chi connectivity index (χ1n) is 12.8. The van der Waals surface area contributed by atoms with Crippen molar-refractivity contribution < 1.29 is 24.3 Å². The summed E-state index contributed by atoms with van der Waals surface area (Å²) in [5.74, 6) is 1.27. The zero-order chi connectivity index (χ0) is 27.4. The van der Waals surface area contributed by atoms with E-state index >= 15 is 0 Å². The number of methoxy groups -OCH3 is 2. The van der Waals surface area contributed by atoms with E-state index in [4.69, 9.17) is 14.7 Å². The monoisotopic (exact) mass is 526 g/mol. The summed E-state index contributed by atoms with van der Waals surface area (Å²) in [4.78, 5) is 36.3. The fraction of sp³-hybridized carbons (Fsp3) is 0.267. The molecular formula is C30H30N4O5. The number of carbonyl (C=O) groups is 2. The standard InChI is InChI=1S/C30H30N4O5/c1-38-27-10-9-19(13-28(27)39-2)12-25-24-8-4-3-6-21(24)14-22-18-34(11-5-7-20(22)15-26(25)35)30-31-16-23(17-32-30)29(36)33-37/h3-4,6,8-10,12-14,16-17,20,37H,5,7,11,15,18H2,1-2H3,(H,33,36). The summed E-state index contributed by atoms with van der Waals surface area (Å²) in [7, 11) is 3.19. The van der Waals surface area contributed by atoms with Crippen LogP contribution in [0.5, 0.6) is 11.5 Å². The van der Waals surface area contributed by atoms with Crippen LogP contribution in [0.15, 0.2) is 60.4 Å². The van der Waals surface area contributed by atoms with Crippen LogP contribution >= 0.6 is 0 Å². The lowest BCUT2D eigenvalue weighted by Crippen LogP contribution is -2.28. The molecule has 0 saturated carbocycles. The Labute approximate surface area is 226 Å². The fourth-order valence-corrected chi connectivity index (χ4v) is 5.20. The van der Waals surface area contributed by atoms with Gasteiger partial charge in [-0.05, 0) is 59.2 Å². The lowest BCUT2D eigenvalue weighted by molar-refractivity contribution is -0.114. The number of nitrogens with zero attached hydrogens (tertiary/aromatic N) is 3. The van der Waals surface area contributed by atoms with Crippen LogP contribution in [-0.4, -0.2) is 54.2 Å². The molecular weight excluding hydrogens is 496 g/mol. The number of benzene rings is 2. The quantitative estimate of drug-likeness (QED) is 0.285.